The lowest BCUT2D eigenvalue weighted by Crippen LogP contribution is -2.13. The van der Waals surface area contributed by atoms with Gasteiger partial charge in [-0.05, 0) is 24.7 Å². The summed E-state index contributed by atoms with van der Waals surface area (Å²) in [4.78, 5) is 11.7. The summed E-state index contributed by atoms with van der Waals surface area (Å²) < 4.78 is 0. The average Bonchev–Trinajstić information content (AvgIpc) is 2.87. The molecule has 0 bridgehead atoms. The molecule has 0 spiro atoms. The van der Waals surface area contributed by atoms with Gasteiger partial charge < -0.3 is 15.6 Å². The number of nitrogens with zero attached hydrogens (tertiary/aromatic N) is 2. The van der Waals surface area contributed by atoms with Gasteiger partial charge in [-0.25, -0.2) is 9.97 Å². The zero-order chi connectivity index (χ0) is 11.9. The number of nitrogens with one attached hydrogen (secondary N) is 3. The fourth-order valence-electron chi connectivity index (χ4n) is 1.52. The molecule has 2 aromatic heterocycles. The van der Waals surface area contributed by atoms with Crippen LogP contribution in [0, 0.1) is 0 Å². The van der Waals surface area contributed by atoms with Gasteiger partial charge in [0.1, 0.15) is 11.6 Å². The van der Waals surface area contributed by atoms with E-state index in [2.05, 4.69) is 25.6 Å². The lowest BCUT2D eigenvalue weighted by molar-refractivity contribution is 0.755. The highest BCUT2D eigenvalue weighted by Crippen LogP contribution is 2.05. The van der Waals surface area contributed by atoms with E-state index in [1.165, 1.54) is 5.56 Å². The first-order chi connectivity index (χ1) is 8.38. The number of aromatic nitrogens is 3. The Hall–Kier alpha value is -1.88. The van der Waals surface area contributed by atoms with E-state index in [0.29, 0.717) is 0 Å². The molecular formula is C12H17N5. The predicted molar refractivity (Wildman–Crippen MR) is 67.8 cm³/mol. The van der Waals surface area contributed by atoms with Gasteiger partial charge in [-0.1, -0.05) is 0 Å². The number of hydrogen-bond acceptors (Lipinski definition) is 4. The number of aromatic amines is 1. The number of hydrogen-bond donors (Lipinski definition) is 3. The maximum atomic E-state index is 4.44. The van der Waals surface area contributed by atoms with Crippen molar-refractivity contribution in [2.45, 2.75) is 13.0 Å². The van der Waals surface area contributed by atoms with Crippen molar-refractivity contribution < 1.29 is 0 Å². The van der Waals surface area contributed by atoms with Gasteiger partial charge in [0.05, 0.1) is 0 Å². The monoisotopic (exact) mass is 231 g/mol. The molecule has 0 aliphatic carbocycles. The summed E-state index contributed by atoms with van der Waals surface area (Å²) in [7, 11) is 1.92. The van der Waals surface area contributed by atoms with Crippen LogP contribution in [0.1, 0.15) is 11.4 Å². The van der Waals surface area contributed by atoms with Crippen LogP contribution in [-0.2, 0) is 13.0 Å². The van der Waals surface area contributed by atoms with E-state index in [-0.39, 0.29) is 0 Å². The first-order valence-electron chi connectivity index (χ1n) is 5.70. The summed E-state index contributed by atoms with van der Waals surface area (Å²) in [5, 5.41) is 6.36. The van der Waals surface area contributed by atoms with Crippen LogP contribution < -0.4 is 10.6 Å². The fraction of sp³-hybridized carbons (Fsp3) is 0.333. The lowest BCUT2D eigenvalue weighted by Gasteiger charge is -2.05. The van der Waals surface area contributed by atoms with Gasteiger partial charge in [-0.2, -0.15) is 0 Å². The van der Waals surface area contributed by atoms with Crippen molar-refractivity contribution in [2.24, 2.45) is 0 Å². The van der Waals surface area contributed by atoms with E-state index in [9.17, 15) is 0 Å². The summed E-state index contributed by atoms with van der Waals surface area (Å²) in [6.07, 6.45) is 6.51. The molecule has 0 saturated heterocycles. The van der Waals surface area contributed by atoms with Crippen LogP contribution in [-0.4, -0.2) is 28.5 Å². The molecule has 3 N–H and O–H groups in total. The number of rotatable bonds is 6. The maximum Gasteiger partial charge on any atom is 0.131 e. The van der Waals surface area contributed by atoms with Crippen molar-refractivity contribution in [3.05, 3.63) is 42.1 Å². The molecule has 90 valence electrons. The summed E-state index contributed by atoms with van der Waals surface area (Å²) >= 11 is 0. The Kier molecular flexibility index (Phi) is 4.10. The van der Waals surface area contributed by atoms with Gasteiger partial charge >= 0.3 is 0 Å². The molecule has 2 heterocycles. The zero-order valence-electron chi connectivity index (χ0n) is 9.90. The van der Waals surface area contributed by atoms with Gasteiger partial charge in [0.25, 0.3) is 0 Å². The normalized spacial score (nSPS) is 10.4. The van der Waals surface area contributed by atoms with Gasteiger partial charge in [-0.3, -0.25) is 0 Å². The van der Waals surface area contributed by atoms with Gasteiger partial charge in [-0.15, -0.1) is 0 Å². The summed E-state index contributed by atoms with van der Waals surface area (Å²) in [6.45, 7) is 1.66. The first kappa shape index (κ1) is 11.6. The van der Waals surface area contributed by atoms with Crippen molar-refractivity contribution in [3.63, 3.8) is 0 Å². The quantitative estimate of drug-likeness (QED) is 0.698. The van der Waals surface area contributed by atoms with E-state index in [4.69, 9.17) is 0 Å². The molecule has 0 radical (unpaired) electrons. The minimum absolute atomic E-state index is 0.770. The molecule has 0 saturated carbocycles. The van der Waals surface area contributed by atoms with E-state index in [0.717, 1.165) is 31.2 Å². The second-order valence-corrected chi connectivity index (χ2v) is 3.78. The van der Waals surface area contributed by atoms with E-state index in [1.54, 1.807) is 6.20 Å². The topological polar surface area (TPSA) is 65.6 Å². The molecule has 5 nitrogen and oxygen atoms in total. The largest absolute Gasteiger partial charge is 0.367 e. The van der Waals surface area contributed by atoms with Gasteiger partial charge in [0.15, 0.2) is 0 Å². The molecular weight excluding hydrogens is 214 g/mol. The summed E-state index contributed by atoms with van der Waals surface area (Å²) in [6, 6.07) is 3.92. The number of H-pyrrole nitrogens is 1. The molecule has 2 aromatic rings. The highest BCUT2D eigenvalue weighted by molar-refractivity contribution is 5.34. The second-order valence-electron chi connectivity index (χ2n) is 3.78. The van der Waals surface area contributed by atoms with Crippen molar-refractivity contribution in [3.8, 4) is 0 Å². The highest BCUT2D eigenvalue weighted by atomic mass is 15.0. The third kappa shape index (κ3) is 3.57. The first-order valence-corrected chi connectivity index (χ1v) is 5.70. The number of likely N-dealkylation sites (N-methyl/N-ethyl adjacent to an activating group) is 1. The Morgan fingerprint density at radius 3 is 3.06 bits per heavy atom. The molecule has 0 aromatic carbocycles. The van der Waals surface area contributed by atoms with Crippen LogP contribution in [0.4, 0.5) is 5.82 Å². The van der Waals surface area contributed by atoms with Crippen LogP contribution in [0.15, 0.2) is 30.7 Å². The van der Waals surface area contributed by atoms with Crippen molar-refractivity contribution in [1.82, 2.24) is 20.3 Å². The van der Waals surface area contributed by atoms with Crippen LogP contribution in [0.2, 0.25) is 0 Å². The van der Waals surface area contributed by atoms with Gasteiger partial charge in [0.2, 0.25) is 0 Å². The van der Waals surface area contributed by atoms with Crippen LogP contribution in [0.5, 0.6) is 0 Å². The summed E-state index contributed by atoms with van der Waals surface area (Å²) in [5.74, 6) is 1.73. The predicted octanol–water partition coefficient (Wildman–Crippen LogP) is 1.18. The molecule has 0 aliphatic heterocycles. The molecule has 0 unspecified atom stereocenters. The van der Waals surface area contributed by atoms with Crippen molar-refractivity contribution in [2.75, 3.05) is 18.9 Å². The molecule has 0 aliphatic rings. The Balaban J connectivity index is 1.91. The Morgan fingerprint density at radius 2 is 2.29 bits per heavy atom. The highest BCUT2D eigenvalue weighted by Gasteiger charge is 1.99. The van der Waals surface area contributed by atoms with Gasteiger partial charge in [0, 0.05) is 38.1 Å². The third-order valence-electron chi connectivity index (χ3n) is 2.44. The lowest BCUT2D eigenvalue weighted by atomic mass is 10.3. The minimum Gasteiger partial charge on any atom is -0.367 e. The Bertz CT molecular complexity index is 438. The average molecular weight is 231 g/mol. The van der Waals surface area contributed by atoms with E-state index >= 15 is 0 Å². The van der Waals surface area contributed by atoms with Crippen molar-refractivity contribution in [1.29, 1.82) is 0 Å². The molecule has 5 heteroatoms. The van der Waals surface area contributed by atoms with Crippen LogP contribution >= 0.6 is 0 Å². The standard InChI is InChI=1S/C12H17N5/c1-13-5-3-11-15-7-4-12(17-11)16-9-10-2-6-14-8-10/h2,4,6-8,13-14H,3,5,9H2,1H3,(H,15,16,17). The molecule has 0 fully saturated rings. The molecule has 17 heavy (non-hydrogen) atoms. The van der Waals surface area contributed by atoms with Crippen LogP contribution in [0.3, 0.4) is 0 Å². The van der Waals surface area contributed by atoms with Crippen LogP contribution in [0.25, 0.3) is 0 Å². The minimum atomic E-state index is 0.770. The molecule has 2 rings (SSSR count). The fourth-order valence-corrected chi connectivity index (χ4v) is 1.52. The zero-order valence-corrected chi connectivity index (χ0v) is 9.90. The second kappa shape index (κ2) is 6.00. The molecule has 0 amide bonds. The summed E-state index contributed by atoms with van der Waals surface area (Å²) in [5.41, 5.74) is 1.21. The Morgan fingerprint density at radius 1 is 1.35 bits per heavy atom. The SMILES string of the molecule is CNCCc1nccc(NCc2cc[nH]c2)n1. The third-order valence-corrected chi connectivity index (χ3v) is 2.44. The van der Waals surface area contributed by atoms with E-state index < -0.39 is 0 Å². The van der Waals surface area contributed by atoms with Crippen molar-refractivity contribution >= 4 is 5.82 Å². The number of anilines is 1. The van der Waals surface area contributed by atoms with E-state index in [1.807, 2.05) is 31.6 Å². The smallest absolute Gasteiger partial charge is 0.131 e. The molecule has 0 atom stereocenters. The maximum absolute atomic E-state index is 4.44. The Labute approximate surface area is 101 Å².